The van der Waals surface area contributed by atoms with Crippen molar-refractivity contribution in [2.45, 2.75) is 46.0 Å². The summed E-state index contributed by atoms with van der Waals surface area (Å²) >= 11 is 0. The van der Waals surface area contributed by atoms with E-state index >= 15 is 0 Å². The summed E-state index contributed by atoms with van der Waals surface area (Å²) in [6.45, 7) is 4.44. The Morgan fingerprint density at radius 1 is 1.15 bits per heavy atom. The van der Waals surface area contributed by atoms with Crippen molar-refractivity contribution in [1.82, 2.24) is 0 Å². The molecular formula is C9H21O3P. The first-order valence-corrected chi connectivity index (χ1v) is 6.85. The van der Waals surface area contributed by atoms with Gasteiger partial charge in [-0.2, -0.15) is 0 Å². The van der Waals surface area contributed by atoms with Crippen LogP contribution in [0.15, 0.2) is 0 Å². The molecule has 0 saturated carbocycles. The van der Waals surface area contributed by atoms with Gasteiger partial charge in [0, 0.05) is 6.16 Å². The van der Waals surface area contributed by atoms with Crippen molar-refractivity contribution in [3.63, 3.8) is 0 Å². The minimum atomic E-state index is -3.25. The van der Waals surface area contributed by atoms with E-state index in [-0.39, 0.29) is 0 Å². The van der Waals surface area contributed by atoms with Gasteiger partial charge in [-0.15, -0.1) is 0 Å². The molecule has 13 heavy (non-hydrogen) atoms. The maximum absolute atomic E-state index is 11.3. The average Bonchev–Trinajstić information content (AvgIpc) is 2.09. The first-order chi connectivity index (χ1) is 6.12. The first kappa shape index (κ1) is 13.2. The molecule has 1 unspecified atom stereocenters. The normalized spacial score (nSPS) is 15.6. The Morgan fingerprint density at radius 3 is 2.38 bits per heavy atom. The fourth-order valence-corrected chi connectivity index (χ4v) is 2.26. The Balaban J connectivity index is 3.45. The zero-order chi connectivity index (χ0) is 10.2. The predicted octanol–water partition coefficient (Wildman–Crippen LogP) is 3.18. The molecule has 0 bridgehead atoms. The SMILES string of the molecule is CCCCCCP(=O)(O)OCCC. The maximum Gasteiger partial charge on any atom is 0.328 e. The highest BCUT2D eigenvalue weighted by molar-refractivity contribution is 7.52. The fourth-order valence-electron chi connectivity index (χ4n) is 1.04. The predicted molar refractivity (Wildman–Crippen MR) is 55.1 cm³/mol. The zero-order valence-electron chi connectivity index (χ0n) is 8.66. The Kier molecular flexibility index (Phi) is 7.63. The van der Waals surface area contributed by atoms with E-state index in [1.54, 1.807) is 0 Å². The monoisotopic (exact) mass is 208 g/mol. The molecule has 0 aromatic rings. The summed E-state index contributed by atoms with van der Waals surface area (Å²) in [7, 11) is -3.25. The molecule has 80 valence electrons. The molecule has 1 N–H and O–H groups in total. The minimum absolute atomic E-state index is 0.312. The molecule has 0 spiro atoms. The fraction of sp³-hybridized carbons (Fsp3) is 1.00. The lowest BCUT2D eigenvalue weighted by Gasteiger charge is -2.10. The zero-order valence-corrected chi connectivity index (χ0v) is 9.56. The van der Waals surface area contributed by atoms with E-state index in [4.69, 9.17) is 4.52 Å². The maximum atomic E-state index is 11.3. The molecule has 0 aliphatic rings. The van der Waals surface area contributed by atoms with E-state index in [0.29, 0.717) is 12.8 Å². The van der Waals surface area contributed by atoms with Crippen molar-refractivity contribution >= 4 is 7.60 Å². The highest BCUT2D eigenvalue weighted by Crippen LogP contribution is 2.42. The summed E-state index contributed by atoms with van der Waals surface area (Å²) < 4.78 is 16.1. The Labute approximate surface area is 81.0 Å². The van der Waals surface area contributed by atoms with Crippen molar-refractivity contribution in [2.24, 2.45) is 0 Å². The molecule has 0 fully saturated rings. The lowest BCUT2D eigenvalue weighted by Crippen LogP contribution is -1.96. The van der Waals surface area contributed by atoms with Crippen molar-refractivity contribution in [3.05, 3.63) is 0 Å². The van der Waals surface area contributed by atoms with Crippen molar-refractivity contribution in [2.75, 3.05) is 12.8 Å². The molecule has 1 atom stereocenters. The van der Waals surface area contributed by atoms with E-state index in [0.717, 1.165) is 32.1 Å². The summed E-state index contributed by atoms with van der Waals surface area (Å²) in [6, 6.07) is 0. The van der Waals surface area contributed by atoms with Gasteiger partial charge in [-0.3, -0.25) is 4.57 Å². The lowest BCUT2D eigenvalue weighted by atomic mass is 10.2. The molecule has 3 nitrogen and oxygen atoms in total. The van der Waals surface area contributed by atoms with E-state index in [2.05, 4.69) is 6.92 Å². The van der Waals surface area contributed by atoms with Crippen LogP contribution in [0.4, 0.5) is 0 Å². The molecule has 0 aliphatic carbocycles. The molecule has 4 heteroatoms. The molecule has 0 aromatic carbocycles. The quantitative estimate of drug-likeness (QED) is 0.492. The van der Waals surface area contributed by atoms with Crippen molar-refractivity contribution in [1.29, 1.82) is 0 Å². The van der Waals surface area contributed by atoms with Gasteiger partial charge < -0.3 is 9.42 Å². The molecule has 0 aromatic heterocycles. The number of unbranched alkanes of at least 4 members (excludes halogenated alkanes) is 3. The highest BCUT2D eigenvalue weighted by Gasteiger charge is 2.17. The number of rotatable bonds is 8. The summed E-state index contributed by atoms with van der Waals surface area (Å²) in [4.78, 5) is 9.28. The van der Waals surface area contributed by atoms with E-state index in [1.165, 1.54) is 0 Å². The van der Waals surface area contributed by atoms with E-state index in [1.807, 2.05) is 6.92 Å². The highest BCUT2D eigenvalue weighted by atomic mass is 31.2. The smallest absolute Gasteiger partial charge is 0.324 e. The van der Waals surface area contributed by atoms with Gasteiger partial charge in [0.15, 0.2) is 0 Å². The van der Waals surface area contributed by atoms with Gasteiger partial charge >= 0.3 is 7.60 Å². The van der Waals surface area contributed by atoms with Crippen LogP contribution < -0.4 is 0 Å². The largest absolute Gasteiger partial charge is 0.328 e. The summed E-state index contributed by atoms with van der Waals surface area (Å²) in [5.74, 6) is 0. The van der Waals surface area contributed by atoms with Crippen LogP contribution in [0.2, 0.25) is 0 Å². The van der Waals surface area contributed by atoms with E-state index < -0.39 is 7.60 Å². The third kappa shape index (κ3) is 8.48. The van der Waals surface area contributed by atoms with Crippen LogP contribution in [0.25, 0.3) is 0 Å². The van der Waals surface area contributed by atoms with Crippen LogP contribution in [0, 0.1) is 0 Å². The van der Waals surface area contributed by atoms with Gasteiger partial charge in [0.2, 0.25) is 0 Å². The molecule has 0 amide bonds. The molecule has 0 rings (SSSR count). The average molecular weight is 208 g/mol. The standard InChI is InChI=1S/C9H21O3P/c1-3-5-6-7-9-13(10,11)12-8-4-2/h3-9H2,1-2H3,(H,10,11). The second-order valence-corrected chi connectivity index (χ2v) is 5.24. The third-order valence-corrected chi connectivity index (χ3v) is 3.26. The second-order valence-electron chi connectivity index (χ2n) is 3.25. The van der Waals surface area contributed by atoms with Crippen LogP contribution in [0.3, 0.4) is 0 Å². The van der Waals surface area contributed by atoms with E-state index in [9.17, 15) is 9.46 Å². The van der Waals surface area contributed by atoms with Gasteiger partial charge in [-0.25, -0.2) is 0 Å². The third-order valence-electron chi connectivity index (χ3n) is 1.79. The summed E-state index contributed by atoms with van der Waals surface area (Å²) in [6.07, 6.45) is 5.20. The summed E-state index contributed by atoms with van der Waals surface area (Å²) in [5, 5.41) is 0. The van der Waals surface area contributed by atoms with Crippen LogP contribution in [-0.2, 0) is 9.09 Å². The number of hydrogen-bond donors (Lipinski definition) is 1. The molecule has 0 radical (unpaired) electrons. The molecular weight excluding hydrogens is 187 g/mol. The van der Waals surface area contributed by atoms with Crippen molar-refractivity contribution in [3.8, 4) is 0 Å². The second kappa shape index (κ2) is 7.54. The van der Waals surface area contributed by atoms with Gasteiger partial charge in [-0.05, 0) is 12.8 Å². The molecule has 0 heterocycles. The minimum Gasteiger partial charge on any atom is -0.324 e. The van der Waals surface area contributed by atoms with Gasteiger partial charge in [0.1, 0.15) is 0 Å². The summed E-state index contributed by atoms with van der Waals surface area (Å²) in [5.41, 5.74) is 0. The first-order valence-electron chi connectivity index (χ1n) is 5.08. The Morgan fingerprint density at radius 2 is 1.85 bits per heavy atom. The van der Waals surface area contributed by atoms with Crippen molar-refractivity contribution < 1.29 is 14.0 Å². The van der Waals surface area contributed by atoms with Gasteiger partial charge in [0.05, 0.1) is 6.61 Å². The number of hydrogen-bond acceptors (Lipinski definition) is 2. The molecule has 0 aliphatic heterocycles. The Bertz CT molecular complexity index is 159. The van der Waals surface area contributed by atoms with Crippen LogP contribution in [-0.4, -0.2) is 17.7 Å². The molecule has 0 saturated heterocycles. The van der Waals surface area contributed by atoms with Gasteiger partial charge in [0.25, 0.3) is 0 Å². The van der Waals surface area contributed by atoms with Crippen LogP contribution >= 0.6 is 7.60 Å². The van der Waals surface area contributed by atoms with Crippen LogP contribution in [0.5, 0.6) is 0 Å². The van der Waals surface area contributed by atoms with Gasteiger partial charge in [-0.1, -0.05) is 33.1 Å². The topological polar surface area (TPSA) is 46.5 Å². The Hall–Kier alpha value is 0.150. The lowest BCUT2D eigenvalue weighted by molar-refractivity contribution is 0.259. The van der Waals surface area contributed by atoms with Crippen LogP contribution in [0.1, 0.15) is 46.0 Å².